The van der Waals surface area contributed by atoms with Crippen LogP contribution in [0.4, 0.5) is 0 Å². The predicted octanol–water partition coefficient (Wildman–Crippen LogP) is 4.37. The third-order valence-electron chi connectivity index (χ3n) is 4.90. The highest BCUT2D eigenvalue weighted by Gasteiger charge is 2.22. The number of nitrogens with one attached hydrogen (secondary N) is 2. The highest BCUT2D eigenvalue weighted by atomic mass is 16.5. The molecule has 0 aliphatic rings. The topological polar surface area (TPSA) is 80.1 Å². The molecule has 2 aromatic heterocycles. The zero-order chi connectivity index (χ0) is 19.7. The number of carbonyl (C=O) groups excluding carboxylic acids is 1. The lowest BCUT2D eigenvalue weighted by Crippen LogP contribution is -2.33. The Bertz CT molecular complexity index is 1090. The maximum absolute atomic E-state index is 12.8. The van der Waals surface area contributed by atoms with Gasteiger partial charge in [0.15, 0.2) is 0 Å². The summed E-state index contributed by atoms with van der Waals surface area (Å²) in [5.74, 6) is 1.61. The number of benzene rings is 2. The minimum atomic E-state index is -0.196. The Morgan fingerprint density at radius 3 is 2.82 bits per heavy atom. The van der Waals surface area contributed by atoms with Crippen molar-refractivity contribution in [3.05, 3.63) is 60.1 Å². The van der Waals surface area contributed by atoms with Gasteiger partial charge in [-0.3, -0.25) is 4.79 Å². The number of carbonyl (C=O) groups is 1. The first-order valence-corrected chi connectivity index (χ1v) is 9.33. The Kier molecular flexibility index (Phi) is 4.77. The summed E-state index contributed by atoms with van der Waals surface area (Å²) in [4.78, 5) is 20.7. The van der Waals surface area contributed by atoms with E-state index in [0.717, 1.165) is 33.6 Å². The molecule has 144 valence electrons. The van der Waals surface area contributed by atoms with Gasteiger partial charge in [0, 0.05) is 17.0 Å². The van der Waals surface area contributed by atoms with Gasteiger partial charge in [0.25, 0.3) is 0 Å². The molecule has 0 unspecified atom stereocenters. The second-order valence-electron chi connectivity index (χ2n) is 7.23. The number of para-hydroxylation sites is 2. The van der Waals surface area contributed by atoms with Gasteiger partial charge in [0.2, 0.25) is 5.91 Å². The van der Waals surface area contributed by atoms with Crippen molar-refractivity contribution >= 4 is 27.9 Å². The maximum Gasteiger partial charge on any atom is 0.225 e. The van der Waals surface area contributed by atoms with Crippen LogP contribution < -0.4 is 10.1 Å². The van der Waals surface area contributed by atoms with Gasteiger partial charge in [-0.2, -0.15) is 0 Å². The highest BCUT2D eigenvalue weighted by Crippen LogP contribution is 2.27. The summed E-state index contributed by atoms with van der Waals surface area (Å²) in [5, 5.41) is 4.04. The fourth-order valence-corrected chi connectivity index (χ4v) is 3.40. The number of ether oxygens (including phenoxy) is 1. The molecule has 6 nitrogen and oxygen atoms in total. The van der Waals surface area contributed by atoms with Gasteiger partial charge in [0.1, 0.15) is 17.2 Å². The van der Waals surface area contributed by atoms with Crippen LogP contribution >= 0.6 is 0 Å². The number of hydrogen-bond acceptors (Lipinski definition) is 4. The van der Waals surface area contributed by atoms with Gasteiger partial charge in [0.05, 0.1) is 36.9 Å². The Balaban J connectivity index is 1.54. The van der Waals surface area contributed by atoms with E-state index in [-0.39, 0.29) is 24.3 Å². The van der Waals surface area contributed by atoms with Crippen LogP contribution in [0.2, 0.25) is 0 Å². The lowest BCUT2D eigenvalue weighted by atomic mass is 10.0. The first-order valence-electron chi connectivity index (χ1n) is 9.33. The smallest absolute Gasteiger partial charge is 0.225 e. The molecule has 1 amide bonds. The number of methoxy groups -OCH3 is 1. The summed E-state index contributed by atoms with van der Waals surface area (Å²) in [6.45, 7) is 4.13. The van der Waals surface area contributed by atoms with Crippen LogP contribution in [0.3, 0.4) is 0 Å². The average molecular weight is 377 g/mol. The van der Waals surface area contributed by atoms with E-state index < -0.39 is 0 Å². The molecular formula is C22H23N3O3. The minimum absolute atomic E-state index is 0.0716. The van der Waals surface area contributed by atoms with Gasteiger partial charge in [-0.05, 0) is 30.2 Å². The van der Waals surface area contributed by atoms with Crippen LogP contribution in [0.1, 0.15) is 31.3 Å². The number of furan rings is 1. The summed E-state index contributed by atoms with van der Waals surface area (Å²) in [5.41, 5.74) is 3.42. The van der Waals surface area contributed by atoms with E-state index in [4.69, 9.17) is 9.15 Å². The molecule has 28 heavy (non-hydrogen) atoms. The third-order valence-corrected chi connectivity index (χ3v) is 4.90. The SMILES string of the molecule is COc1ccc2c(CC(=O)N[C@@H](c3nc4ccccc4[nH]3)C(C)C)coc2c1. The Hall–Kier alpha value is -3.28. The Morgan fingerprint density at radius 1 is 1.25 bits per heavy atom. The van der Waals surface area contributed by atoms with E-state index in [1.807, 2.05) is 42.5 Å². The first-order chi connectivity index (χ1) is 13.5. The quantitative estimate of drug-likeness (QED) is 0.523. The van der Waals surface area contributed by atoms with E-state index in [1.54, 1.807) is 13.4 Å². The second kappa shape index (κ2) is 7.38. The lowest BCUT2D eigenvalue weighted by molar-refractivity contribution is -0.121. The largest absolute Gasteiger partial charge is 0.497 e. The van der Waals surface area contributed by atoms with Gasteiger partial charge < -0.3 is 19.5 Å². The zero-order valence-corrected chi connectivity index (χ0v) is 16.2. The van der Waals surface area contributed by atoms with Crippen LogP contribution in [0, 0.1) is 5.92 Å². The predicted molar refractivity (Wildman–Crippen MR) is 108 cm³/mol. The van der Waals surface area contributed by atoms with Crippen molar-refractivity contribution in [1.82, 2.24) is 15.3 Å². The number of rotatable bonds is 6. The maximum atomic E-state index is 12.8. The fourth-order valence-electron chi connectivity index (χ4n) is 3.40. The van der Waals surface area contributed by atoms with Gasteiger partial charge in [-0.25, -0.2) is 4.98 Å². The van der Waals surface area contributed by atoms with Crippen molar-refractivity contribution in [3.63, 3.8) is 0 Å². The summed E-state index contributed by atoms with van der Waals surface area (Å²) in [6, 6.07) is 13.3. The van der Waals surface area contributed by atoms with Crippen LogP contribution in [-0.2, 0) is 11.2 Å². The zero-order valence-electron chi connectivity index (χ0n) is 16.2. The van der Waals surface area contributed by atoms with Crippen LogP contribution in [0.5, 0.6) is 5.75 Å². The molecule has 0 spiro atoms. The Labute approximate surface area is 162 Å². The van der Waals surface area contributed by atoms with E-state index in [1.165, 1.54) is 0 Å². The van der Waals surface area contributed by atoms with E-state index in [9.17, 15) is 4.79 Å². The molecular weight excluding hydrogens is 354 g/mol. The molecule has 4 aromatic rings. The van der Waals surface area contributed by atoms with Crippen molar-refractivity contribution in [2.45, 2.75) is 26.3 Å². The molecule has 2 heterocycles. The number of imidazole rings is 1. The molecule has 1 atom stereocenters. The molecule has 0 saturated heterocycles. The minimum Gasteiger partial charge on any atom is -0.497 e. The summed E-state index contributed by atoms with van der Waals surface area (Å²) in [7, 11) is 1.61. The molecule has 0 fully saturated rings. The molecule has 0 bridgehead atoms. The van der Waals surface area contributed by atoms with Crippen molar-refractivity contribution in [2.75, 3.05) is 7.11 Å². The molecule has 0 saturated carbocycles. The summed E-state index contributed by atoms with van der Waals surface area (Å²) in [6.07, 6.45) is 1.87. The monoisotopic (exact) mass is 377 g/mol. The molecule has 0 aliphatic carbocycles. The average Bonchev–Trinajstić information content (AvgIpc) is 3.29. The Morgan fingerprint density at radius 2 is 2.07 bits per heavy atom. The second-order valence-corrected chi connectivity index (χ2v) is 7.23. The molecule has 0 radical (unpaired) electrons. The highest BCUT2D eigenvalue weighted by molar-refractivity contribution is 5.88. The summed E-state index contributed by atoms with van der Waals surface area (Å²) < 4.78 is 10.8. The first kappa shape index (κ1) is 18.1. The molecule has 6 heteroatoms. The molecule has 0 aliphatic heterocycles. The molecule has 2 aromatic carbocycles. The van der Waals surface area contributed by atoms with E-state index >= 15 is 0 Å². The van der Waals surface area contributed by atoms with Crippen molar-refractivity contribution in [2.24, 2.45) is 5.92 Å². The van der Waals surface area contributed by atoms with E-state index in [2.05, 4.69) is 29.1 Å². The van der Waals surface area contributed by atoms with Crippen molar-refractivity contribution in [1.29, 1.82) is 0 Å². The third kappa shape index (κ3) is 3.45. The van der Waals surface area contributed by atoms with Crippen LogP contribution in [0.25, 0.3) is 22.0 Å². The number of H-pyrrole nitrogens is 1. The number of aromatic nitrogens is 2. The fraction of sp³-hybridized carbons (Fsp3) is 0.273. The number of nitrogens with zero attached hydrogens (tertiary/aromatic N) is 1. The standard InChI is InChI=1S/C22H23N3O3/c1-13(2)21(22-23-17-6-4-5-7-18(17)24-22)25-20(26)10-14-12-28-19-11-15(27-3)8-9-16(14)19/h4-9,11-13,21H,10H2,1-3H3,(H,23,24)(H,25,26)/t21-/m1/s1. The number of aromatic amines is 1. The molecule has 4 rings (SSSR count). The van der Waals surface area contributed by atoms with Crippen molar-refractivity contribution in [3.8, 4) is 5.75 Å². The molecule has 2 N–H and O–H groups in total. The number of amides is 1. The van der Waals surface area contributed by atoms with Crippen LogP contribution in [0.15, 0.2) is 53.1 Å². The van der Waals surface area contributed by atoms with Gasteiger partial charge in [-0.1, -0.05) is 26.0 Å². The van der Waals surface area contributed by atoms with Crippen LogP contribution in [-0.4, -0.2) is 23.0 Å². The lowest BCUT2D eigenvalue weighted by Gasteiger charge is -2.20. The number of hydrogen-bond donors (Lipinski definition) is 2. The summed E-state index contributed by atoms with van der Waals surface area (Å²) >= 11 is 0. The van der Waals surface area contributed by atoms with Gasteiger partial charge in [-0.15, -0.1) is 0 Å². The van der Waals surface area contributed by atoms with Gasteiger partial charge >= 0.3 is 0 Å². The number of fused-ring (bicyclic) bond motifs is 2. The van der Waals surface area contributed by atoms with Crippen molar-refractivity contribution < 1.29 is 13.9 Å². The normalized spacial score (nSPS) is 12.6. The van der Waals surface area contributed by atoms with E-state index in [0.29, 0.717) is 5.58 Å².